The van der Waals surface area contributed by atoms with Crippen LogP contribution in [0.1, 0.15) is 11.1 Å². The van der Waals surface area contributed by atoms with Gasteiger partial charge in [0.2, 0.25) is 0 Å². The topological polar surface area (TPSA) is 83.6 Å². The van der Waals surface area contributed by atoms with Crippen molar-refractivity contribution >= 4 is 12.4 Å². The van der Waals surface area contributed by atoms with E-state index in [1.807, 2.05) is 48.5 Å². The molecule has 26 heavy (non-hydrogen) atoms. The molecule has 2 N–H and O–H groups in total. The molecule has 1 heterocycles. The number of benzene rings is 2. The van der Waals surface area contributed by atoms with Gasteiger partial charge >= 0.3 is 0 Å². The summed E-state index contributed by atoms with van der Waals surface area (Å²) in [6.45, 7) is 0.687. The summed E-state index contributed by atoms with van der Waals surface area (Å²) in [6, 6.07) is 14.8. The predicted octanol–water partition coefficient (Wildman–Crippen LogP) is 1.72. The molecule has 0 radical (unpaired) electrons. The summed E-state index contributed by atoms with van der Waals surface area (Å²) in [6.07, 6.45) is 1.87. The summed E-state index contributed by atoms with van der Waals surface area (Å²) in [7, 11) is 0. The Kier molecular flexibility index (Phi) is 6.35. The van der Waals surface area contributed by atoms with Crippen LogP contribution < -0.4 is 9.47 Å². The molecule has 6 nitrogen and oxygen atoms in total. The van der Waals surface area contributed by atoms with Gasteiger partial charge in [-0.25, -0.2) is 0 Å². The van der Waals surface area contributed by atoms with Crippen LogP contribution in [-0.2, 0) is 0 Å². The molecule has 0 spiro atoms. The van der Waals surface area contributed by atoms with Crippen molar-refractivity contribution in [2.24, 2.45) is 9.98 Å². The summed E-state index contributed by atoms with van der Waals surface area (Å²) in [5.74, 6) is 1.24. The molecule has 0 aliphatic carbocycles. The molecule has 2 aromatic carbocycles. The number of hydrogen-bond donors (Lipinski definition) is 2. The standard InChI is InChI=1S/C20H22N2O4/c23-17-11-21-9-15-5-1-3-7-19(15)25-13-18(24)14-26-20-8-4-2-6-16(20)10-22-12-17/h1-10,17-18,23-24H,11-14H2. The van der Waals surface area contributed by atoms with Crippen molar-refractivity contribution in [3.8, 4) is 11.5 Å². The number of ether oxygens (including phenoxy) is 2. The highest BCUT2D eigenvalue weighted by Crippen LogP contribution is 2.18. The molecular formula is C20H22N2O4. The number of aliphatic hydroxyl groups is 2. The third-order valence-electron chi connectivity index (χ3n) is 3.79. The molecule has 0 atom stereocenters. The zero-order valence-electron chi connectivity index (χ0n) is 14.4. The third-order valence-corrected chi connectivity index (χ3v) is 3.79. The monoisotopic (exact) mass is 354 g/mol. The first-order chi connectivity index (χ1) is 12.7. The molecule has 1 aliphatic heterocycles. The van der Waals surface area contributed by atoms with E-state index in [1.165, 1.54) is 0 Å². The van der Waals surface area contributed by atoms with Crippen molar-refractivity contribution in [3.63, 3.8) is 0 Å². The van der Waals surface area contributed by atoms with E-state index in [4.69, 9.17) is 9.47 Å². The van der Waals surface area contributed by atoms with Crippen molar-refractivity contribution in [2.75, 3.05) is 26.3 Å². The second kappa shape index (κ2) is 9.12. The summed E-state index contributed by atoms with van der Waals surface area (Å²) >= 11 is 0. The number of nitrogens with zero attached hydrogens (tertiary/aromatic N) is 2. The van der Waals surface area contributed by atoms with E-state index in [0.29, 0.717) is 11.5 Å². The van der Waals surface area contributed by atoms with Gasteiger partial charge in [-0.15, -0.1) is 0 Å². The van der Waals surface area contributed by atoms with Crippen molar-refractivity contribution in [3.05, 3.63) is 59.7 Å². The summed E-state index contributed by atoms with van der Waals surface area (Å²) in [5, 5.41) is 20.2. The lowest BCUT2D eigenvalue weighted by Crippen LogP contribution is -2.25. The Morgan fingerprint density at radius 1 is 0.692 bits per heavy atom. The van der Waals surface area contributed by atoms with Crippen LogP contribution >= 0.6 is 0 Å². The average molecular weight is 354 g/mol. The Bertz CT molecular complexity index is 712. The molecule has 2 aromatic rings. The van der Waals surface area contributed by atoms with Crippen LogP contribution in [0.25, 0.3) is 0 Å². The number of para-hydroxylation sites is 2. The molecule has 136 valence electrons. The minimum atomic E-state index is -0.778. The minimum absolute atomic E-state index is 0.101. The number of aliphatic hydroxyl groups excluding tert-OH is 2. The minimum Gasteiger partial charge on any atom is -0.490 e. The first-order valence-electron chi connectivity index (χ1n) is 8.52. The quantitative estimate of drug-likeness (QED) is 0.755. The SMILES string of the molecule is OC1CN=Cc2ccccc2OCC(O)COc2ccccc2C=NC1. The van der Waals surface area contributed by atoms with Gasteiger partial charge in [0.1, 0.15) is 30.8 Å². The summed E-state index contributed by atoms with van der Waals surface area (Å²) in [5.41, 5.74) is 1.57. The summed E-state index contributed by atoms with van der Waals surface area (Å²) in [4.78, 5) is 8.54. The lowest BCUT2D eigenvalue weighted by Gasteiger charge is -2.16. The third kappa shape index (κ3) is 5.15. The van der Waals surface area contributed by atoms with Gasteiger partial charge < -0.3 is 19.7 Å². The van der Waals surface area contributed by atoms with Crippen LogP contribution in [-0.4, -0.2) is 61.2 Å². The van der Waals surface area contributed by atoms with E-state index in [0.717, 1.165) is 11.1 Å². The maximum absolute atomic E-state index is 10.2. The fourth-order valence-electron chi connectivity index (χ4n) is 2.46. The van der Waals surface area contributed by atoms with Gasteiger partial charge in [-0.1, -0.05) is 24.3 Å². The lowest BCUT2D eigenvalue weighted by atomic mass is 10.2. The zero-order valence-corrected chi connectivity index (χ0v) is 14.4. The molecule has 3 rings (SSSR count). The Balaban J connectivity index is 1.81. The molecule has 6 heteroatoms. The lowest BCUT2D eigenvalue weighted by molar-refractivity contribution is 0.0625. The molecule has 0 saturated heterocycles. The van der Waals surface area contributed by atoms with E-state index < -0.39 is 12.2 Å². The first-order valence-corrected chi connectivity index (χ1v) is 8.52. The molecule has 0 fully saturated rings. The molecular weight excluding hydrogens is 332 g/mol. The van der Waals surface area contributed by atoms with E-state index in [2.05, 4.69) is 9.98 Å². The Morgan fingerprint density at radius 2 is 1.15 bits per heavy atom. The van der Waals surface area contributed by atoms with E-state index in [-0.39, 0.29) is 26.3 Å². The summed E-state index contributed by atoms with van der Waals surface area (Å²) < 4.78 is 11.4. The van der Waals surface area contributed by atoms with E-state index in [1.54, 1.807) is 12.4 Å². The van der Waals surface area contributed by atoms with Gasteiger partial charge in [0.15, 0.2) is 0 Å². The Hall–Kier alpha value is -2.70. The maximum Gasteiger partial charge on any atom is 0.128 e. The highest BCUT2D eigenvalue weighted by molar-refractivity contribution is 5.84. The molecule has 0 amide bonds. The molecule has 0 aromatic heterocycles. The highest BCUT2D eigenvalue weighted by atomic mass is 16.5. The van der Waals surface area contributed by atoms with Crippen LogP contribution in [0.3, 0.4) is 0 Å². The van der Waals surface area contributed by atoms with Crippen molar-refractivity contribution in [2.45, 2.75) is 12.2 Å². The Morgan fingerprint density at radius 3 is 1.65 bits per heavy atom. The van der Waals surface area contributed by atoms with Crippen LogP contribution in [0.15, 0.2) is 58.5 Å². The van der Waals surface area contributed by atoms with Crippen LogP contribution in [0.5, 0.6) is 11.5 Å². The second-order valence-corrected chi connectivity index (χ2v) is 5.99. The number of rotatable bonds is 0. The second-order valence-electron chi connectivity index (χ2n) is 5.99. The molecule has 1 aliphatic rings. The van der Waals surface area contributed by atoms with Crippen LogP contribution in [0.2, 0.25) is 0 Å². The van der Waals surface area contributed by atoms with E-state index in [9.17, 15) is 10.2 Å². The average Bonchev–Trinajstić information content (AvgIpc) is 2.66. The van der Waals surface area contributed by atoms with Crippen molar-refractivity contribution < 1.29 is 19.7 Å². The number of aliphatic imine (C=N–C) groups is 2. The predicted molar refractivity (Wildman–Crippen MR) is 101 cm³/mol. The van der Waals surface area contributed by atoms with Crippen LogP contribution in [0, 0.1) is 0 Å². The maximum atomic E-state index is 10.2. The fraction of sp³-hybridized carbons (Fsp3) is 0.300. The van der Waals surface area contributed by atoms with Crippen LogP contribution in [0.4, 0.5) is 0 Å². The van der Waals surface area contributed by atoms with Gasteiger partial charge in [-0.05, 0) is 24.3 Å². The molecule has 0 saturated carbocycles. The van der Waals surface area contributed by atoms with Gasteiger partial charge in [-0.3, -0.25) is 9.98 Å². The van der Waals surface area contributed by atoms with Crippen molar-refractivity contribution in [1.29, 1.82) is 0 Å². The normalized spacial score (nSPS) is 21.2. The number of hydrogen-bond acceptors (Lipinski definition) is 6. The van der Waals surface area contributed by atoms with Crippen molar-refractivity contribution in [1.82, 2.24) is 0 Å². The Labute approximate surface area is 152 Å². The molecule has 0 unspecified atom stereocenters. The van der Waals surface area contributed by atoms with Gasteiger partial charge in [-0.2, -0.15) is 0 Å². The smallest absolute Gasteiger partial charge is 0.128 e. The highest BCUT2D eigenvalue weighted by Gasteiger charge is 2.10. The van der Waals surface area contributed by atoms with Gasteiger partial charge in [0.05, 0.1) is 19.2 Å². The largest absolute Gasteiger partial charge is 0.490 e. The van der Waals surface area contributed by atoms with Gasteiger partial charge in [0, 0.05) is 23.6 Å². The van der Waals surface area contributed by atoms with Gasteiger partial charge in [0.25, 0.3) is 0 Å². The zero-order chi connectivity index (χ0) is 18.2. The fourth-order valence-corrected chi connectivity index (χ4v) is 2.46. The number of fused-ring (bicyclic) bond motifs is 2. The van der Waals surface area contributed by atoms with E-state index >= 15 is 0 Å². The molecule has 0 bridgehead atoms. The first kappa shape index (κ1) is 18.1.